The molecule has 1 aromatic rings. The molecule has 1 aliphatic rings. The van der Waals surface area contributed by atoms with Gasteiger partial charge in [-0.15, -0.1) is 0 Å². The van der Waals surface area contributed by atoms with Crippen molar-refractivity contribution in [3.63, 3.8) is 0 Å². The summed E-state index contributed by atoms with van der Waals surface area (Å²) in [6.45, 7) is 6.65. The van der Waals surface area contributed by atoms with Gasteiger partial charge < -0.3 is 14.4 Å². The molecule has 1 saturated heterocycles. The lowest BCUT2D eigenvalue weighted by Crippen LogP contribution is -2.54. The van der Waals surface area contributed by atoms with Gasteiger partial charge in [0.25, 0.3) is 0 Å². The minimum Gasteiger partial charge on any atom is -0.410 e. The molecular formula is C17H24N2O4. The molecule has 0 bridgehead atoms. The average molecular weight is 320 g/mol. The van der Waals surface area contributed by atoms with Gasteiger partial charge in [-0.05, 0) is 38.1 Å². The zero-order valence-corrected chi connectivity index (χ0v) is 14.2. The molecule has 0 N–H and O–H groups in total. The van der Waals surface area contributed by atoms with E-state index in [1.54, 1.807) is 38.4 Å². The molecule has 1 aliphatic heterocycles. The minimum atomic E-state index is -0.592. The Bertz CT molecular complexity index is 560. The van der Waals surface area contributed by atoms with E-state index in [2.05, 4.69) is 4.90 Å². The van der Waals surface area contributed by atoms with Crippen LogP contribution in [0.4, 0.5) is 4.79 Å². The van der Waals surface area contributed by atoms with Crippen molar-refractivity contribution >= 4 is 11.9 Å². The van der Waals surface area contributed by atoms with E-state index in [4.69, 9.17) is 9.47 Å². The highest BCUT2D eigenvalue weighted by Gasteiger charge is 2.35. The molecule has 2 rings (SSSR count). The van der Waals surface area contributed by atoms with Gasteiger partial charge in [0.05, 0.1) is 18.8 Å². The maximum absolute atomic E-state index is 12.8. The summed E-state index contributed by atoms with van der Waals surface area (Å²) in [5.41, 5.74) is 0.0113. The van der Waals surface area contributed by atoms with E-state index in [0.29, 0.717) is 24.5 Å². The number of rotatable bonds is 4. The van der Waals surface area contributed by atoms with Crippen molar-refractivity contribution in [2.45, 2.75) is 19.4 Å². The summed E-state index contributed by atoms with van der Waals surface area (Å²) >= 11 is 0. The lowest BCUT2D eigenvalue weighted by Gasteiger charge is -2.39. The Morgan fingerprint density at radius 1 is 1.13 bits per heavy atom. The SMILES string of the molecule is CN(C)C(=O)Oc1ccc(C(=O)C(C)(C)N2CCOCC2)cc1. The van der Waals surface area contributed by atoms with Crippen LogP contribution in [0.25, 0.3) is 0 Å². The smallest absolute Gasteiger partial charge is 0.410 e. The first kappa shape index (κ1) is 17.4. The van der Waals surface area contributed by atoms with E-state index in [1.807, 2.05) is 13.8 Å². The van der Waals surface area contributed by atoms with Gasteiger partial charge in [-0.2, -0.15) is 0 Å². The molecule has 6 heteroatoms. The van der Waals surface area contributed by atoms with Crippen molar-refractivity contribution < 1.29 is 19.1 Å². The third-order valence-corrected chi connectivity index (χ3v) is 4.04. The van der Waals surface area contributed by atoms with Crippen LogP contribution in [0.3, 0.4) is 0 Å². The largest absolute Gasteiger partial charge is 0.414 e. The molecule has 0 unspecified atom stereocenters. The highest BCUT2D eigenvalue weighted by molar-refractivity contribution is 6.02. The lowest BCUT2D eigenvalue weighted by atomic mass is 9.91. The predicted molar refractivity (Wildman–Crippen MR) is 87.0 cm³/mol. The number of hydrogen-bond donors (Lipinski definition) is 0. The summed E-state index contributed by atoms with van der Waals surface area (Å²) in [6.07, 6.45) is -0.447. The number of amides is 1. The van der Waals surface area contributed by atoms with Crippen LogP contribution in [0.1, 0.15) is 24.2 Å². The van der Waals surface area contributed by atoms with E-state index >= 15 is 0 Å². The molecule has 0 radical (unpaired) electrons. The van der Waals surface area contributed by atoms with Gasteiger partial charge in [-0.3, -0.25) is 9.69 Å². The van der Waals surface area contributed by atoms with Crippen LogP contribution in [-0.4, -0.2) is 67.6 Å². The molecule has 0 aliphatic carbocycles. The Balaban J connectivity index is 2.08. The van der Waals surface area contributed by atoms with Crippen LogP contribution in [-0.2, 0) is 4.74 Å². The molecule has 1 fully saturated rings. The third-order valence-electron chi connectivity index (χ3n) is 4.04. The zero-order chi connectivity index (χ0) is 17.0. The summed E-state index contributed by atoms with van der Waals surface area (Å²) in [7, 11) is 3.23. The van der Waals surface area contributed by atoms with Gasteiger partial charge >= 0.3 is 6.09 Å². The number of morpholine rings is 1. The summed E-state index contributed by atoms with van der Waals surface area (Å²) in [5, 5.41) is 0. The summed E-state index contributed by atoms with van der Waals surface area (Å²) in [4.78, 5) is 27.8. The highest BCUT2D eigenvalue weighted by Crippen LogP contribution is 2.23. The van der Waals surface area contributed by atoms with E-state index in [0.717, 1.165) is 13.1 Å². The van der Waals surface area contributed by atoms with Crippen molar-refractivity contribution in [1.82, 2.24) is 9.80 Å². The lowest BCUT2D eigenvalue weighted by molar-refractivity contribution is -0.00429. The quantitative estimate of drug-likeness (QED) is 0.795. The van der Waals surface area contributed by atoms with Gasteiger partial charge in [-0.25, -0.2) is 4.79 Å². The van der Waals surface area contributed by atoms with Gasteiger partial charge in [0, 0.05) is 32.7 Å². The Hall–Kier alpha value is -1.92. The molecular weight excluding hydrogens is 296 g/mol. The fourth-order valence-corrected chi connectivity index (χ4v) is 2.49. The van der Waals surface area contributed by atoms with E-state index in [1.165, 1.54) is 4.90 Å². The van der Waals surface area contributed by atoms with Crippen molar-refractivity contribution in [2.75, 3.05) is 40.4 Å². The number of carbonyl (C=O) groups is 2. The number of Topliss-reactive ketones (excluding diaryl/α,β-unsaturated/α-hetero) is 1. The summed E-state index contributed by atoms with van der Waals surface area (Å²) in [5.74, 6) is 0.467. The third kappa shape index (κ3) is 4.09. The van der Waals surface area contributed by atoms with Crippen LogP contribution in [0, 0.1) is 0 Å². The second-order valence-corrected chi connectivity index (χ2v) is 6.27. The number of benzene rings is 1. The molecule has 1 amide bonds. The molecule has 0 spiro atoms. The highest BCUT2D eigenvalue weighted by atomic mass is 16.6. The first-order valence-corrected chi connectivity index (χ1v) is 7.69. The fraction of sp³-hybridized carbons (Fsp3) is 0.529. The first-order chi connectivity index (χ1) is 10.8. The Labute approximate surface area is 137 Å². The van der Waals surface area contributed by atoms with Crippen molar-refractivity contribution in [3.8, 4) is 5.75 Å². The fourth-order valence-electron chi connectivity index (χ4n) is 2.49. The average Bonchev–Trinajstić information content (AvgIpc) is 2.55. The summed E-state index contributed by atoms with van der Waals surface area (Å²) in [6, 6.07) is 6.68. The van der Waals surface area contributed by atoms with E-state index in [-0.39, 0.29) is 5.78 Å². The van der Waals surface area contributed by atoms with Crippen molar-refractivity contribution in [2.24, 2.45) is 0 Å². The zero-order valence-electron chi connectivity index (χ0n) is 14.2. The molecule has 126 valence electrons. The topological polar surface area (TPSA) is 59.1 Å². The maximum atomic E-state index is 12.8. The number of ether oxygens (including phenoxy) is 2. The second-order valence-electron chi connectivity index (χ2n) is 6.27. The molecule has 0 saturated carbocycles. The van der Waals surface area contributed by atoms with Crippen LogP contribution >= 0.6 is 0 Å². The molecule has 1 heterocycles. The first-order valence-electron chi connectivity index (χ1n) is 7.69. The molecule has 23 heavy (non-hydrogen) atoms. The number of nitrogens with zero attached hydrogens (tertiary/aromatic N) is 2. The van der Waals surface area contributed by atoms with Gasteiger partial charge in [0.1, 0.15) is 5.75 Å². The van der Waals surface area contributed by atoms with Gasteiger partial charge in [0.15, 0.2) is 5.78 Å². The molecule has 0 atom stereocenters. The van der Waals surface area contributed by atoms with Crippen LogP contribution in [0.15, 0.2) is 24.3 Å². The van der Waals surface area contributed by atoms with Gasteiger partial charge in [0.2, 0.25) is 0 Å². The number of ketones is 1. The Morgan fingerprint density at radius 3 is 2.22 bits per heavy atom. The maximum Gasteiger partial charge on any atom is 0.414 e. The monoisotopic (exact) mass is 320 g/mol. The molecule has 1 aromatic carbocycles. The molecule has 0 aromatic heterocycles. The molecule has 6 nitrogen and oxygen atoms in total. The van der Waals surface area contributed by atoms with Gasteiger partial charge in [-0.1, -0.05) is 0 Å². The van der Waals surface area contributed by atoms with Crippen molar-refractivity contribution in [1.29, 1.82) is 0 Å². The normalized spacial score (nSPS) is 16.0. The van der Waals surface area contributed by atoms with Crippen LogP contribution in [0.2, 0.25) is 0 Å². The van der Waals surface area contributed by atoms with E-state index < -0.39 is 11.6 Å². The Morgan fingerprint density at radius 2 is 1.70 bits per heavy atom. The van der Waals surface area contributed by atoms with Crippen LogP contribution < -0.4 is 4.74 Å². The number of carbonyl (C=O) groups excluding carboxylic acids is 2. The van der Waals surface area contributed by atoms with E-state index in [9.17, 15) is 9.59 Å². The predicted octanol–water partition coefficient (Wildman–Crippen LogP) is 2.04. The number of hydrogen-bond acceptors (Lipinski definition) is 5. The summed E-state index contributed by atoms with van der Waals surface area (Å²) < 4.78 is 10.5. The van der Waals surface area contributed by atoms with Crippen molar-refractivity contribution in [3.05, 3.63) is 29.8 Å². The Kier molecular flexibility index (Phi) is 5.38. The standard InChI is InChI=1S/C17H24N2O4/c1-17(2,19-9-11-22-12-10-19)15(20)13-5-7-14(8-6-13)23-16(21)18(3)4/h5-8H,9-12H2,1-4H3. The second kappa shape index (κ2) is 7.10. The van der Waals surface area contributed by atoms with Crippen LogP contribution in [0.5, 0.6) is 5.75 Å². The minimum absolute atomic E-state index is 0.0462.